The first-order valence-electron chi connectivity index (χ1n) is 6.67. The lowest BCUT2D eigenvalue weighted by molar-refractivity contribution is 0.102. The van der Waals surface area contributed by atoms with Crippen molar-refractivity contribution in [2.45, 2.75) is 20.8 Å². The van der Waals surface area contributed by atoms with Crippen molar-refractivity contribution in [2.24, 2.45) is 0 Å². The summed E-state index contributed by atoms with van der Waals surface area (Å²) in [6.07, 6.45) is 3.40. The Kier molecular flexibility index (Phi) is 4.35. The molecular formula is C16H19N3O. The predicted octanol–water partition coefficient (Wildman–Crippen LogP) is 3.38. The maximum absolute atomic E-state index is 12.4. The van der Waals surface area contributed by atoms with Crippen LogP contribution in [-0.4, -0.2) is 17.4 Å². The summed E-state index contributed by atoms with van der Waals surface area (Å²) < 4.78 is 0. The van der Waals surface area contributed by atoms with E-state index in [9.17, 15) is 4.79 Å². The molecule has 0 radical (unpaired) electrons. The van der Waals surface area contributed by atoms with Crippen molar-refractivity contribution in [3.05, 3.63) is 53.3 Å². The third-order valence-corrected chi connectivity index (χ3v) is 2.92. The predicted molar refractivity (Wildman–Crippen MR) is 82.3 cm³/mol. The van der Waals surface area contributed by atoms with Gasteiger partial charge in [-0.15, -0.1) is 0 Å². The molecule has 1 aromatic carbocycles. The molecule has 4 heteroatoms. The molecule has 20 heavy (non-hydrogen) atoms. The van der Waals surface area contributed by atoms with Gasteiger partial charge in [0.2, 0.25) is 0 Å². The Bertz CT molecular complexity index is 623. The van der Waals surface area contributed by atoms with Crippen LogP contribution in [0.1, 0.15) is 28.4 Å². The van der Waals surface area contributed by atoms with Crippen LogP contribution in [0.5, 0.6) is 0 Å². The van der Waals surface area contributed by atoms with Crippen molar-refractivity contribution >= 4 is 17.3 Å². The van der Waals surface area contributed by atoms with Gasteiger partial charge in [0.15, 0.2) is 0 Å². The molecule has 0 unspecified atom stereocenters. The van der Waals surface area contributed by atoms with Gasteiger partial charge in [0, 0.05) is 18.4 Å². The molecule has 0 aliphatic heterocycles. The SMILES string of the molecule is CCNc1ccc(C)cc1C(=O)Nc1cncc(C)c1. The van der Waals surface area contributed by atoms with Gasteiger partial charge in [0.25, 0.3) is 5.91 Å². The van der Waals surface area contributed by atoms with E-state index < -0.39 is 0 Å². The molecule has 0 bridgehead atoms. The molecule has 104 valence electrons. The van der Waals surface area contributed by atoms with Crippen LogP contribution in [0.3, 0.4) is 0 Å². The molecular weight excluding hydrogens is 250 g/mol. The number of aryl methyl sites for hydroxylation is 2. The second-order valence-corrected chi connectivity index (χ2v) is 4.78. The molecule has 0 saturated carbocycles. The molecule has 2 N–H and O–H groups in total. The summed E-state index contributed by atoms with van der Waals surface area (Å²) in [4.78, 5) is 16.5. The first kappa shape index (κ1) is 14.1. The largest absolute Gasteiger partial charge is 0.385 e. The van der Waals surface area contributed by atoms with E-state index in [-0.39, 0.29) is 5.91 Å². The molecule has 1 aromatic heterocycles. The zero-order valence-corrected chi connectivity index (χ0v) is 12.0. The van der Waals surface area contributed by atoms with E-state index >= 15 is 0 Å². The van der Waals surface area contributed by atoms with Gasteiger partial charge in [-0.25, -0.2) is 0 Å². The average Bonchev–Trinajstić information content (AvgIpc) is 2.41. The minimum absolute atomic E-state index is 0.128. The van der Waals surface area contributed by atoms with Crippen LogP contribution in [0.15, 0.2) is 36.7 Å². The zero-order chi connectivity index (χ0) is 14.5. The lowest BCUT2D eigenvalue weighted by atomic mass is 10.1. The van der Waals surface area contributed by atoms with Gasteiger partial charge >= 0.3 is 0 Å². The number of carbonyl (C=O) groups excluding carboxylic acids is 1. The van der Waals surface area contributed by atoms with Crippen LogP contribution in [0.2, 0.25) is 0 Å². The molecule has 0 atom stereocenters. The van der Waals surface area contributed by atoms with Crippen molar-refractivity contribution in [1.29, 1.82) is 0 Å². The molecule has 4 nitrogen and oxygen atoms in total. The average molecular weight is 269 g/mol. The van der Waals surface area contributed by atoms with Crippen LogP contribution in [0.25, 0.3) is 0 Å². The van der Waals surface area contributed by atoms with Crippen LogP contribution < -0.4 is 10.6 Å². The van der Waals surface area contributed by atoms with Crippen molar-refractivity contribution < 1.29 is 4.79 Å². The minimum atomic E-state index is -0.128. The van der Waals surface area contributed by atoms with Gasteiger partial charge in [0.1, 0.15) is 0 Å². The van der Waals surface area contributed by atoms with Crippen molar-refractivity contribution in [3.8, 4) is 0 Å². The van der Waals surface area contributed by atoms with E-state index in [4.69, 9.17) is 0 Å². The highest BCUT2D eigenvalue weighted by Gasteiger charge is 2.11. The van der Waals surface area contributed by atoms with Gasteiger partial charge in [-0.3, -0.25) is 9.78 Å². The van der Waals surface area contributed by atoms with E-state index in [0.717, 1.165) is 23.4 Å². The summed E-state index contributed by atoms with van der Waals surface area (Å²) in [6, 6.07) is 7.70. The Morgan fingerprint density at radius 1 is 1.15 bits per heavy atom. The fourth-order valence-electron chi connectivity index (χ4n) is 2.01. The molecule has 0 aliphatic rings. The summed E-state index contributed by atoms with van der Waals surface area (Å²) in [5.41, 5.74) is 4.27. The fourth-order valence-corrected chi connectivity index (χ4v) is 2.01. The van der Waals surface area contributed by atoms with Gasteiger partial charge in [-0.2, -0.15) is 0 Å². The first-order valence-corrected chi connectivity index (χ1v) is 6.67. The molecule has 1 heterocycles. The van der Waals surface area contributed by atoms with E-state index in [1.165, 1.54) is 0 Å². The quantitative estimate of drug-likeness (QED) is 0.894. The molecule has 0 spiro atoms. The van der Waals surface area contributed by atoms with Crippen molar-refractivity contribution in [3.63, 3.8) is 0 Å². The number of hydrogen-bond donors (Lipinski definition) is 2. The maximum atomic E-state index is 12.4. The summed E-state index contributed by atoms with van der Waals surface area (Å²) in [5, 5.41) is 6.09. The number of benzene rings is 1. The Balaban J connectivity index is 2.26. The molecule has 2 aromatic rings. The van der Waals surface area contributed by atoms with E-state index in [1.807, 2.05) is 45.0 Å². The first-order chi connectivity index (χ1) is 9.60. The van der Waals surface area contributed by atoms with Crippen molar-refractivity contribution in [2.75, 3.05) is 17.2 Å². The number of nitrogens with one attached hydrogen (secondary N) is 2. The van der Waals surface area contributed by atoms with Crippen LogP contribution in [0, 0.1) is 13.8 Å². The van der Waals surface area contributed by atoms with E-state index in [2.05, 4.69) is 15.6 Å². The van der Waals surface area contributed by atoms with Crippen LogP contribution in [-0.2, 0) is 0 Å². The van der Waals surface area contributed by atoms with Crippen molar-refractivity contribution in [1.82, 2.24) is 4.98 Å². The number of nitrogens with zero attached hydrogens (tertiary/aromatic N) is 1. The lowest BCUT2D eigenvalue weighted by Crippen LogP contribution is -2.15. The standard InChI is InChI=1S/C16H19N3O/c1-4-18-15-6-5-11(2)8-14(15)16(20)19-13-7-12(3)9-17-10-13/h5-10,18H,4H2,1-3H3,(H,19,20). The summed E-state index contributed by atoms with van der Waals surface area (Å²) in [7, 11) is 0. The summed E-state index contributed by atoms with van der Waals surface area (Å²) in [6.45, 7) is 6.70. The lowest BCUT2D eigenvalue weighted by Gasteiger charge is -2.12. The second kappa shape index (κ2) is 6.19. The van der Waals surface area contributed by atoms with Gasteiger partial charge in [-0.05, 0) is 44.5 Å². The molecule has 0 saturated heterocycles. The van der Waals surface area contributed by atoms with Crippen LogP contribution in [0.4, 0.5) is 11.4 Å². The number of rotatable bonds is 4. The molecule has 0 fully saturated rings. The number of pyridine rings is 1. The normalized spacial score (nSPS) is 10.2. The zero-order valence-electron chi connectivity index (χ0n) is 12.0. The maximum Gasteiger partial charge on any atom is 0.257 e. The molecule has 1 amide bonds. The minimum Gasteiger partial charge on any atom is -0.385 e. The van der Waals surface area contributed by atoms with Crippen LogP contribution >= 0.6 is 0 Å². The smallest absolute Gasteiger partial charge is 0.257 e. The van der Waals surface area contributed by atoms with Gasteiger partial charge < -0.3 is 10.6 Å². The number of hydrogen-bond acceptors (Lipinski definition) is 3. The Morgan fingerprint density at radius 2 is 1.95 bits per heavy atom. The topological polar surface area (TPSA) is 54.0 Å². The highest BCUT2D eigenvalue weighted by atomic mass is 16.1. The number of carbonyl (C=O) groups is 1. The molecule has 0 aliphatic carbocycles. The summed E-state index contributed by atoms with van der Waals surface area (Å²) >= 11 is 0. The highest BCUT2D eigenvalue weighted by molar-refractivity contribution is 6.08. The third kappa shape index (κ3) is 3.35. The fraction of sp³-hybridized carbons (Fsp3) is 0.250. The Morgan fingerprint density at radius 3 is 2.65 bits per heavy atom. The highest BCUT2D eigenvalue weighted by Crippen LogP contribution is 2.19. The Hall–Kier alpha value is -2.36. The second-order valence-electron chi connectivity index (χ2n) is 4.78. The summed E-state index contributed by atoms with van der Waals surface area (Å²) in [5.74, 6) is -0.128. The number of anilines is 2. The number of aromatic nitrogens is 1. The third-order valence-electron chi connectivity index (χ3n) is 2.92. The Labute approximate surface area is 119 Å². The van der Waals surface area contributed by atoms with E-state index in [1.54, 1.807) is 12.4 Å². The number of amides is 1. The van der Waals surface area contributed by atoms with E-state index in [0.29, 0.717) is 11.3 Å². The van der Waals surface area contributed by atoms with Gasteiger partial charge in [0.05, 0.1) is 17.4 Å². The monoisotopic (exact) mass is 269 g/mol. The molecule has 2 rings (SSSR count). The van der Waals surface area contributed by atoms with Gasteiger partial charge in [-0.1, -0.05) is 11.6 Å².